The van der Waals surface area contributed by atoms with Gasteiger partial charge in [-0.25, -0.2) is 14.3 Å². The number of hydrogen-bond acceptors (Lipinski definition) is 5. The van der Waals surface area contributed by atoms with Crippen molar-refractivity contribution in [1.29, 1.82) is 0 Å². The Bertz CT molecular complexity index is 509. The van der Waals surface area contributed by atoms with Crippen molar-refractivity contribution in [2.45, 2.75) is 32.4 Å². The summed E-state index contributed by atoms with van der Waals surface area (Å²) in [7, 11) is 0. The van der Waals surface area contributed by atoms with Gasteiger partial charge in [0.25, 0.3) is 0 Å². The first kappa shape index (κ1) is 11.3. The number of piperidine rings is 1. The molecular formula is C11H17N7. The second-order valence-electron chi connectivity index (χ2n) is 4.44. The number of nitrogens with one attached hydrogen (secondary N) is 1. The molecule has 7 heteroatoms. The number of rotatable bonds is 3. The zero-order valence-corrected chi connectivity index (χ0v) is 10.5. The van der Waals surface area contributed by atoms with Gasteiger partial charge >= 0.3 is 0 Å². The number of nitrogens with zero attached hydrogens (tertiary/aromatic N) is 6. The van der Waals surface area contributed by atoms with E-state index >= 15 is 0 Å². The lowest BCUT2D eigenvalue weighted by molar-refractivity contribution is 0.339. The van der Waals surface area contributed by atoms with E-state index in [2.05, 4.69) is 32.6 Å². The van der Waals surface area contributed by atoms with Crippen molar-refractivity contribution in [1.82, 2.24) is 35.1 Å². The Kier molecular flexibility index (Phi) is 3.06. The molecule has 1 saturated heterocycles. The molecule has 1 fully saturated rings. The quantitative estimate of drug-likeness (QED) is 0.854. The molecule has 0 amide bonds. The fraction of sp³-hybridized carbons (Fsp3) is 0.636. The maximum Gasteiger partial charge on any atom is 0.178 e. The van der Waals surface area contributed by atoms with Gasteiger partial charge in [0, 0.05) is 6.54 Å². The lowest BCUT2D eigenvalue weighted by Gasteiger charge is -2.23. The normalized spacial score (nSPS) is 17.2. The van der Waals surface area contributed by atoms with Gasteiger partial charge in [-0.05, 0) is 32.9 Å². The topological polar surface area (TPSA) is 73.5 Å². The third kappa shape index (κ3) is 1.90. The molecule has 3 heterocycles. The highest BCUT2D eigenvalue weighted by Crippen LogP contribution is 2.24. The smallest absolute Gasteiger partial charge is 0.178 e. The van der Waals surface area contributed by atoms with Gasteiger partial charge < -0.3 is 5.32 Å². The molecule has 0 aliphatic carbocycles. The number of hydrogen-bond donors (Lipinski definition) is 1. The molecule has 7 nitrogen and oxygen atoms in total. The van der Waals surface area contributed by atoms with E-state index in [4.69, 9.17) is 0 Å². The molecule has 1 aliphatic heterocycles. The summed E-state index contributed by atoms with van der Waals surface area (Å²) in [6, 6.07) is 0.408. The van der Waals surface area contributed by atoms with Crippen molar-refractivity contribution in [3.8, 4) is 11.5 Å². The SMILES string of the molecule is CCn1ncnc1-c1cnnn1C1CCNCC1. The summed E-state index contributed by atoms with van der Waals surface area (Å²) >= 11 is 0. The first-order valence-electron chi connectivity index (χ1n) is 6.39. The van der Waals surface area contributed by atoms with Crippen molar-refractivity contribution in [3.63, 3.8) is 0 Å². The van der Waals surface area contributed by atoms with E-state index in [1.807, 2.05) is 9.36 Å². The van der Waals surface area contributed by atoms with Crippen LogP contribution in [0.5, 0.6) is 0 Å². The largest absolute Gasteiger partial charge is 0.317 e. The Morgan fingerprint density at radius 1 is 1.39 bits per heavy atom. The minimum absolute atomic E-state index is 0.408. The number of aromatic nitrogens is 6. The minimum Gasteiger partial charge on any atom is -0.317 e. The molecule has 0 aromatic carbocycles. The van der Waals surface area contributed by atoms with Crippen LogP contribution in [0.3, 0.4) is 0 Å². The van der Waals surface area contributed by atoms with Crippen LogP contribution >= 0.6 is 0 Å². The zero-order chi connectivity index (χ0) is 12.4. The zero-order valence-electron chi connectivity index (χ0n) is 10.5. The second-order valence-corrected chi connectivity index (χ2v) is 4.44. The predicted molar refractivity (Wildman–Crippen MR) is 65.9 cm³/mol. The van der Waals surface area contributed by atoms with Crippen LogP contribution in [0.4, 0.5) is 0 Å². The highest BCUT2D eigenvalue weighted by molar-refractivity contribution is 5.47. The maximum absolute atomic E-state index is 4.32. The molecule has 3 rings (SSSR count). The van der Waals surface area contributed by atoms with Gasteiger partial charge in [-0.15, -0.1) is 5.10 Å². The van der Waals surface area contributed by atoms with Crippen LogP contribution in [0.2, 0.25) is 0 Å². The Hall–Kier alpha value is -1.76. The van der Waals surface area contributed by atoms with Gasteiger partial charge in [-0.3, -0.25) is 0 Å². The average molecular weight is 247 g/mol. The van der Waals surface area contributed by atoms with E-state index in [9.17, 15) is 0 Å². The van der Waals surface area contributed by atoms with Crippen molar-refractivity contribution in [3.05, 3.63) is 12.5 Å². The monoisotopic (exact) mass is 247 g/mol. The van der Waals surface area contributed by atoms with Crippen LogP contribution in [-0.2, 0) is 6.54 Å². The molecule has 1 aliphatic rings. The molecule has 0 atom stereocenters. The van der Waals surface area contributed by atoms with Gasteiger partial charge in [-0.2, -0.15) is 5.10 Å². The van der Waals surface area contributed by atoms with E-state index in [-0.39, 0.29) is 0 Å². The van der Waals surface area contributed by atoms with Crippen molar-refractivity contribution < 1.29 is 0 Å². The Balaban J connectivity index is 1.95. The molecule has 96 valence electrons. The van der Waals surface area contributed by atoms with E-state index < -0.39 is 0 Å². The molecular weight excluding hydrogens is 230 g/mol. The highest BCUT2D eigenvalue weighted by atomic mass is 15.5. The molecule has 0 spiro atoms. The molecule has 2 aromatic heterocycles. The Labute approximate surface area is 105 Å². The van der Waals surface area contributed by atoms with Crippen LogP contribution in [0.1, 0.15) is 25.8 Å². The third-order valence-corrected chi connectivity index (χ3v) is 3.37. The van der Waals surface area contributed by atoms with Gasteiger partial charge in [-0.1, -0.05) is 5.21 Å². The van der Waals surface area contributed by atoms with Gasteiger partial charge in [0.15, 0.2) is 5.82 Å². The minimum atomic E-state index is 0.408. The van der Waals surface area contributed by atoms with E-state index in [0.717, 1.165) is 44.0 Å². The Morgan fingerprint density at radius 3 is 3.00 bits per heavy atom. The second kappa shape index (κ2) is 4.85. The average Bonchev–Trinajstić information content (AvgIpc) is 3.07. The van der Waals surface area contributed by atoms with Crippen molar-refractivity contribution >= 4 is 0 Å². The molecule has 1 N–H and O–H groups in total. The lowest BCUT2D eigenvalue weighted by atomic mass is 10.1. The number of aryl methyl sites for hydroxylation is 1. The lowest BCUT2D eigenvalue weighted by Crippen LogP contribution is -2.30. The first-order chi connectivity index (χ1) is 8.90. The summed E-state index contributed by atoms with van der Waals surface area (Å²) in [4.78, 5) is 4.32. The van der Waals surface area contributed by atoms with Crippen molar-refractivity contribution in [2.24, 2.45) is 0 Å². The molecule has 0 unspecified atom stereocenters. The fourth-order valence-electron chi connectivity index (χ4n) is 2.42. The summed E-state index contributed by atoms with van der Waals surface area (Å²) in [5.41, 5.74) is 0.959. The summed E-state index contributed by atoms with van der Waals surface area (Å²) in [5, 5.41) is 15.8. The standard InChI is InChI=1S/C11H17N7/c1-2-17-11(13-8-15-17)10-7-14-16-18(10)9-3-5-12-6-4-9/h7-9,12H,2-6H2,1H3. The van der Waals surface area contributed by atoms with Crippen LogP contribution in [-0.4, -0.2) is 42.8 Å². The van der Waals surface area contributed by atoms with Crippen LogP contribution in [0.15, 0.2) is 12.5 Å². The highest BCUT2D eigenvalue weighted by Gasteiger charge is 2.21. The first-order valence-corrected chi connectivity index (χ1v) is 6.39. The van der Waals surface area contributed by atoms with E-state index in [0.29, 0.717) is 6.04 Å². The molecule has 0 bridgehead atoms. The van der Waals surface area contributed by atoms with Crippen LogP contribution < -0.4 is 5.32 Å². The van der Waals surface area contributed by atoms with Crippen molar-refractivity contribution in [2.75, 3.05) is 13.1 Å². The summed E-state index contributed by atoms with van der Waals surface area (Å²) in [6.07, 6.45) is 5.52. The van der Waals surface area contributed by atoms with Crippen LogP contribution in [0, 0.1) is 0 Å². The van der Waals surface area contributed by atoms with E-state index in [1.54, 1.807) is 12.5 Å². The molecule has 2 aromatic rings. The summed E-state index contributed by atoms with van der Waals surface area (Å²) in [6.45, 7) is 4.92. The predicted octanol–water partition coefficient (Wildman–Crippen LogP) is 0.481. The summed E-state index contributed by atoms with van der Waals surface area (Å²) < 4.78 is 3.87. The van der Waals surface area contributed by atoms with Gasteiger partial charge in [0.1, 0.15) is 12.0 Å². The molecule has 18 heavy (non-hydrogen) atoms. The van der Waals surface area contributed by atoms with E-state index in [1.165, 1.54) is 0 Å². The van der Waals surface area contributed by atoms with Crippen LogP contribution in [0.25, 0.3) is 11.5 Å². The summed E-state index contributed by atoms with van der Waals surface area (Å²) in [5.74, 6) is 0.848. The molecule has 0 saturated carbocycles. The maximum atomic E-state index is 4.32. The van der Waals surface area contributed by atoms with Gasteiger partial charge in [0.05, 0.1) is 12.2 Å². The van der Waals surface area contributed by atoms with Gasteiger partial charge in [0.2, 0.25) is 0 Å². The Morgan fingerprint density at radius 2 is 2.22 bits per heavy atom. The third-order valence-electron chi connectivity index (χ3n) is 3.37. The fourth-order valence-corrected chi connectivity index (χ4v) is 2.42. The molecule has 0 radical (unpaired) electrons.